The Labute approximate surface area is 228 Å². The van der Waals surface area contributed by atoms with Crippen molar-refractivity contribution < 1.29 is 29.3 Å². The van der Waals surface area contributed by atoms with Gasteiger partial charge in [-0.3, -0.25) is 9.59 Å². The van der Waals surface area contributed by atoms with Crippen molar-refractivity contribution in [2.45, 2.75) is 110 Å². The molecule has 10 nitrogen and oxygen atoms in total. The third-order valence-corrected chi connectivity index (χ3v) is 8.98. The van der Waals surface area contributed by atoms with Gasteiger partial charge < -0.3 is 19.7 Å². The molecular weight excluding hydrogens is 508 g/mol. The Kier molecular flexibility index (Phi) is 9.76. The zero-order chi connectivity index (χ0) is 28.3. The van der Waals surface area contributed by atoms with Gasteiger partial charge in [-0.15, -0.1) is 11.3 Å². The minimum Gasteiger partial charge on any atom is -0.458 e. The lowest BCUT2D eigenvalue weighted by Gasteiger charge is -2.34. The highest BCUT2D eigenvalue weighted by molar-refractivity contribution is 7.09. The minimum absolute atomic E-state index is 0.0969. The fourth-order valence-corrected chi connectivity index (χ4v) is 5.84. The van der Waals surface area contributed by atoms with Crippen LogP contribution >= 0.6 is 11.3 Å². The number of hydrogen-bond acceptors (Lipinski definition) is 9. The number of ketones is 1. The Hall–Kier alpha value is -2.30. The number of rotatable bonds is 4. The fraction of sp³-hybridized carbons (Fsp3) is 0.741. The molecule has 3 unspecified atom stereocenters. The molecule has 2 aliphatic rings. The van der Waals surface area contributed by atoms with Gasteiger partial charge in [0, 0.05) is 22.6 Å². The van der Waals surface area contributed by atoms with Gasteiger partial charge in [-0.25, -0.2) is 4.98 Å². The Balaban J connectivity index is 1.85. The van der Waals surface area contributed by atoms with Crippen molar-refractivity contribution in [3.05, 3.63) is 32.1 Å². The predicted molar refractivity (Wildman–Crippen MR) is 144 cm³/mol. The number of Topliss-reactive ketones (excluding diaryl/α,β-unsaturated/α-hetero) is 1. The maximum absolute atomic E-state index is 13.3. The molecule has 1 aromatic rings. The lowest BCUT2D eigenvalue weighted by atomic mass is 9.73. The number of fused-ring (bicyclic) bond motifs is 1. The summed E-state index contributed by atoms with van der Waals surface area (Å²) < 4.78 is 11.9. The van der Waals surface area contributed by atoms with E-state index >= 15 is 0 Å². The molecule has 2 fully saturated rings. The lowest BCUT2D eigenvalue weighted by molar-refractivity contribution is -0.154. The average Bonchev–Trinajstić information content (AvgIpc) is 3.27. The van der Waals surface area contributed by atoms with E-state index in [-0.39, 0.29) is 36.4 Å². The Morgan fingerprint density at radius 3 is 2.71 bits per heavy atom. The molecule has 0 aliphatic carbocycles. The summed E-state index contributed by atoms with van der Waals surface area (Å²) in [5, 5.41) is 27.8. The maximum atomic E-state index is 13.3. The smallest absolute Gasteiger partial charge is 0.309 e. The normalized spacial score (nSPS) is 35.1. The first-order valence-corrected chi connectivity index (χ1v) is 14.1. The van der Waals surface area contributed by atoms with Crippen LogP contribution in [0, 0.1) is 17.3 Å². The number of nitrogens with zero attached hydrogens (tertiary/aromatic N) is 4. The van der Waals surface area contributed by atoms with E-state index in [0.29, 0.717) is 17.1 Å². The SMILES string of the molecule is CC(=Cc1csc(CN=[N+]=[N-])n1)[C@@H]1CC2O[C@]2(C)CCC[C@H](C)C(O)[C@@H](C)C(=O)C(C)(C)C(O)CC(=O)O1. The number of epoxide rings is 1. The van der Waals surface area contributed by atoms with Crippen LogP contribution in [-0.2, 0) is 25.6 Å². The van der Waals surface area contributed by atoms with E-state index in [1.165, 1.54) is 11.3 Å². The van der Waals surface area contributed by atoms with Crippen molar-refractivity contribution in [2.24, 2.45) is 22.4 Å². The molecule has 0 radical (unpaired) electrons. The summed E-state index contributed by atoms with van der Waals surface area (Å²) >= 11 is 1.38. The quantitative estimate of drug-likeness (QED) is 0.176. The van der Waals surface area contributed by atoms with Crippen LogP contribution < -0.4 is 0 Å². The molecule has 2 aliphatic heterocycles. The number of ether oxygens (including phenoxy) is 2. The zero-order valence-electron chi connectivity index (χ0n) is 23.1. The molecule has 7 atom stereocenters. The molecule has 1 aromatic heterocycles. The van der Waals surface area contributed by atoms with E-state index in [4.69, 9.17) is 15.0 Å². The maximum Gasteiger partial charge on any atom is 0.309 e. The number of esters is 1. The van der Waals surface area contributed by atoms with Crippen LogP contribution in [0.2, 0.25) is 0 Å². The van der Waals surface area contributed by atoms with Crippen molar-refractivity contribution in [3.63, 3.8) is 0 Å². The fourth-order valence-electron chi connectivity index (χ4n) is 5.18. The number of hydrogen-bond donors (Lipinski definition) is 2. The van der Waals surface area contributed by atoms with Crippen LogP contribution in [0.3, 0.4) is 0 Å². The van der Waals surface area contributed by atoms with Crippen molar-refractivity contribution in [1.82, 2.24) is 4.98 Å². The third-order valence-electron chi connectivity index (χ3n) is 8.13. The summed E-state index contributed by atoms with van der Waals surface area (Å²) in [6.07, 6.45) is 1.48. The van der Waals surface area contributed by atoms with Gasteiger partial charge in [0.25, 0.3) is 0 Å². The number of aromatic nitrogens is 1. The van der Waals surface area contributed by atoms with Crippen LogP contribution in [0.5, 0.6) is 0 Å². The molecule has 0 amide bonds. The number of thiazole rings is 1. The summed E-state index contributed by atoms with van der Waals surface area (Å²) in [6, 6.07) is 0. The molecule has 2 saturated heterocycles. The summed E-state index contributed by atoms with van der Waals surface area (Å²) in [5.41, 5.74) is 8.39. The van der Waals surface area contributed by atoms with Gasteiger partial charge in [0.2, 0.25) is 0 Å². The molecule has 0 aromatic carbocycles. The molecule has 3 heterocycles. The molecule has 3 rings (SSSR count). The standard InChI is InChI=1S/C27H40N4O6S/c1-15-8-7-9-27(6)21(37-27)11-19(16(2)10-18-14-38-22(30-18)13-29-31-28)36-23(33)12-20(32)26(4,5)25(35)17(3)24(15)34/h10,14-15,17,19-21,24,32,34H,7-9,11-13H2,1-6H3/t15-,17+,19-,20?,21?,24?,27+/m0/s1. The van der Waals surface area contributed by atoms with E-state index in [9.17, 15) is 19.8 Å². The Morgan fingerprint density at radius 1 is 1.32 bits per heavy atom. The van der Waals surface area contributed by atoms with Gasteiger partial charge in [0.05, 0.1) is 53.0 Å². The van der Waals surface area contributed by atoms with Crippen molar-refractivity contribution in [2.75, 3.05) is 0 Å². The largest absolute Gasteiger partial charge is 0.458 e. The summed E-state index contributed by atoms with van der Waals surface area (Å²) in [6.45, 7) is 10.9. The monoisotopic (exact) mass is 548 g/mol. The molecular formula is C27H40N4O6S. The van der Waals surface area contributed by atoms with Gasteiger partial charge in [-0.2, -0.15) is 0 Å². The van der Waals surface area contributed by atoms with Crippen LogP contribution in [0.15, 0.2) is 16.1 Å². The first-order valence-electron chi connectivity index (χ1n) is 13.2. The van der Waals surface area contributed by atoms with Gasteiger partial charge >= 0.3 is 5.97 Å². The van der Waals surface area contributed by atoms with Gasteiger partial charge in [-0.05, 0) is 49.8 Å². The van der Waals surface area contributed by atoms with Crippen LogP contribution in [0.25, 0.3) is 16.5 Å². The van der Waals surface area contributed by atoms with E-state index in [1.54, 1.807) is 20.8 Å². The second kappa shape index (κ2) is 12.3. The third kappa shape index (κ3) is 7.21. The van der Waals surface area contributed by atoms with Gasteiger partial charge in [0.1, 0.15) is 11.9 Å². The number of cyclic esters (lactones) is 1. The summed E-state index contributed by atoms with van der Waals surface area (Å²) in [7, 11) is 0. The number of carbonyl (C=O) groups excluding carboxylic acids is 2. The first kappa shape index (κ1) is 30.2. The first-order chi connectivity index (χ1) is 17.8. The second-order valence-electron chi connectivity index (χ2n) is 11.5. The number of carbonyl (C=O) groups is 2. The molecule has 0 bridgehead atoms. The van der Waals surface area contributed by atoms with Crippen molar-refractivity contribution >= 4 is 29.2 Å². The lowest BCUT2D eigenvalue weighted by Crippen LogP contribution is -2.45. The molecule has 0 spiro atoms. The Bertz CT molecular complexity index is 1100. The van der Waals surface area contributed by atoms with E-state index in [0.717, 1.165) is 24.8 Å². The number of aliphatic hydroxyl groups is 2. The van der Waals surface area contributed by atoms with Crippen LogP contribution in [0.4, 0.5) is 0 Å². The van der Waals surface area contributed by atoms with Gasteiger partial charge in [-0.1, -0.05) is 39.2 Å². The van der Waals surface area contributed by atoms with E-state index in [2.05, 4.69) is 15.0 Å². The highest BCUT2D eigenvalue weighted by Gasteiger charge is 2.53. The molecule has 11 heteroatoms. The summed E-state index contributed by atoms with van der Waals surface area (Å²) in [4.78, 5) is 33.5. The minimum atomic E-state index is -1.27. The number of azide groups is 1. The highest BCUT2D eigenvalue weighted by Crippen LogP contribution is 2.45. The summed E-state index contributed by atoms with van der Waals surface area (Å²) in [5.74, 6) is -1.68. The van der Waals surface area contributed by atoms with E-state index in [1.807, 2.05) is 32.2 Å². The second-order valence-corrected chi connectivity index (χ2v) is 12.5. The molecule has 210 valence electrons. The highest BCUT2D eigenvalue weighted by atomic mass is 32.1. The van der Waals surface area contributed by atoms with Crippen LogP contribution in [0.1, 0.15) is 84.3 Å². The molecule has 0 saturated carbocycles. The topological polar surface area (TPSA) is 158 Å². The predicted octanol–water partition coefficient (Wildman–Crippen LogP) is 4.98. The molecule has 2 N–H and O–H groups in total. The molecule has 38 heavy (non-hydrogen) atoms. The zero-order valence-corrected chi connectivity index (χ0v) is 23.9. The van der Waals surface area contributed by atoms with Gasteiger partial charge in [0.15, 0.2) is 0 Å². The van der Waals surface area contributed by atoms with Crippen LogP contribution in [-0.4, -0.2) is 57.0 Å². The number of aliphatic hydroxyl groups excluding tert-OH is 2. The van der Waals surface area contributed by atoms with Crippen molar-refractivity contribution in [1.29, 1.82) is 0 Å². The average molecular weight is 549 g/mol. The van der Waals surface area contributed by atoms with E-state index < -0.39 is 35.6 Å². The van der Waals surface area contributed by atoms with Crippen molar-refractivity contribution in [3.8, 4) is 0 Å². The Morgan fingerprint density at radius 2 is 2.03 bits per heavy atom.